The summed E-state index contributed by atoms with van der Waals surface area (Å²) in [7, 11) is 0. The Balaban J connectivity index is 2.86. The van der Waals surface area contributed by atoms with Crippen LogP contribution in [0.25, 0.3) is 0 Å². The van der Waals surface area contributed by atoms with E-state index in [1.165, 1.54) is 0 Å². The van der Waals surface area contributed by atoms with Crippen LogP contribution >= 0.6 is 0 Å². The molecular weight excluding hydrogens is 116 g/mol. The molecule has 2 nitrogen and oxygen atoms in total. The van der Waals surface area contributed by atoms with E-state index in [0.29, 0.717) is 0 Å². The molecule has 1 aliphatic rings. The smallest absolute Gasteiger partial charge is 0.143 e. The van der Waals surface area contributed by atoms with Gasteiger partial charge in [-0.05, 0) is 0 Å². The van der Waals surface area contributed by atoms with E-state index in [2.05, 4.69) is 0 Å². The molecule has 0 aliphatic carbocycles. The SMILES string of the molecule is [2H]C([2H])([2H])C1COCC(C([2H])([2H])[2H])C1=O. The normalized spacial score (nSPS) is 49.6. The van der Waals surface area contributed by atoms with Gasteiger partial charge in [0.2, 0.25) is 0 Å². The summed E-state index contributed by atoms with van der Waals surface area (Å²) < 4.78 is 47.5. The summed E-state index contributed by atoms with van der Waals surface area (Å²) in [5, 5.41) is 0. The van der Waals surface area contributed by atoms with Crippen LogP contribution in [0.3, 0.4) is 0 Å². The quantitative estimate of drug-likeness (QED) is 0.491. The maximum Gasteiger partial charge on any atom is 0.143 e. The van der Waals surface area contributed by atoms with Gasteiger partial charge in [-0.1, -0.05) is 13.7 Å². The molecule has 0 amide bonds. The van der Waals surface area contributed by atoms with Crippen LogP contribution in [0.1, 0.15) is 21.9 Å². The van der Waals surface area contributed by atoms with Gasteiger partial charge < -0.3 is 4.74 Å². The molecule has 2 atom stereocenters. The van der Waals surface area contributed by atoms with E-state index in [1.807, 2.05) is 0 Å². The predicted octanol–water partition coefficient (Wildman–Crippen LogP) is 0.858. The third-order valence-electron chi connectivity index (χ3n) is 1.26. The van der Waals surface area contributed by atoms with Crippen LogP contribution in [0.15, 0.2) is 0 Å². The molecule has 1 rings (SSSR count). The summed E-state index contributed by atoms with van der Waals surface area (Å²) in [6.45, 7) is -5.41. The lowest BCUT2D eigenvalue weighted by atomic mass is 9.95. The second-order valence-electron chi connectivity index (χ2n) is 2.04. The van der Waals surface area contributed by atoms with Gasteiger partial charge in [0.25, 0.3) is 0 Å². The molecule has 1 fully saturated rings. The van der Waals surface area contributed by atoms with Gasteiger partial charge in [0.1, 0.15) is 5.78 Å². The molecule has 0 aromatic carbocycles. The van der Waals surface area contributed by atoms with Gasteiger partial charge in [-0.25, -0.2) is 0 Å². The van der Waals surface area contributed by atoms with E-state index >= 15 is 0 Å². The van der Waals surface area contributed by atoms with Crippen LogP contribution in [-0.4, -0.2) is 19.0 Å². The first-order valence-electron chi connectivity index (χ1n) is 5.75. The van der Waals surface area contributed by atoms with Crippen LogP contribution < -0.4 is 0 Å². The van der Waals surface area contributed by atoms with Gasteiger partial charge in [-0.3, -0.25) is 4.79 Å². The maximum absolute atomic E-state index is 11.6. The third kappa shape index (κ3) is 1.30. The van der Waals surface area contributed by atoms with Crippen LogP contribution in [-0.2, 0) is 9.53 Å². The fourth-order valence-electron chi connectivity index (χ4n) is 0.711. The Labute approximate surface area is 63.6 Å². The number of Topliss-reactive ketones (excluding diaryl/α,β-unsaturated/α-hetero) is 1. The third-order valence-corrected chi connectivity index (χ3v) is 1.26. The Hall–Kier alpha value is -0.370. The van der Waals surface area contributed by atoms with Crippen LogP contribution in [0, 0.1) is 11.8 Å². The molecule has 0 spiro atoms. The second kappa shape index (κ2) is 2.48. The zero-order valence-corrected chi connectivity index (χ0v) is 4.89. The van der Waals surface area contributed by atoms with Crippen molar-refractivity contribution in [1.82, 2.24) is 0 Å². The Morgan fingerprint density at radius 2 is 2.11 bits per heavy atom. The first-order chi connectivity index (χ1) is 6.64. The minimum atomic E-state index is -2.49. The standard InChI is InChI=1S/C7H12O2/c1-5-3-9-4-6(2)7(5)8/h5-6H,3-4H2,1-2H3/i1D3,2D3. The first kappa shape index (κ1) is 2.35. The lowest BCUT2D eigenvalue weighted by molar-refractivity contribution is -0.135. The average molecular weight is 134 g/mol. The van der Waals surface area contributed by atoms with Gasteiger partial charge >= 0.3 is 0 Å². The van der Waals surface area contributed by atoms with Crippen LogP contribution in [0.5, 0.6) is 0 Å². The topological polar surface area (TPSA) is 26.3 Å². The highest BCUT2D eigenvalue weighted by Gasteiger charge is 2.24. The molecule has 1 heterocycles. The van der Waals surface area contributed by atoms with E-state index in [9.17, 15) is 4.79 Å². The summed E-state index contributed by atoms with van der Waals surface area (Å²) in [4.78, 5) is 11.6. The lowest BCUT2D eigenvalue weighted by Crippen LogP contribution is -2.32. The van der Waals surface area contributed by atoms with Gasteiger partial charge in [-0.15, -0.1) is 0 Å². The lowest BCUT2D eigenvalue weighted by Gasteiger charge is -2.22. The Morgan fingerprint density at radius 3 is 2.56 bits per heavy atom. The molecule has 0 aromatic heterocycles. The average Bonchev–Trinajstić information content (AvgIpc) is 1.99. The van der Waals surface area contributed by atoms with Crippen LogP contribution in [0.4, 0.5) is 0 Å². The summed E-state index contributed by atoms with van der Waals surface area (Å²) >= 11 is 0. The summed E-state index contributed by atoms with van der Waals surface area (Å²) in [5.74, 6) is -3.35. The number of hydrogen-bond donors (Lipinski definition) is 0. The number of ketones is 1. The molecule has 9 heavy (non-hydrogen) atoms. The second-order valence-corrected chi connectivity index (χ2v) is 2.04. The molecule has 0 bridgehead atoms. The van der Waals surface area contributed by atoms with Gasteiger partial charge in [-0.2, -0.15) is 0 Å². The molecule has 1 saturated heterocycles. The Bertz CT molecular complexity index is 231. The molecule has 0 aromatic rings. The van der Waals surface area contributed by atoms with Crippen molar-refractivity contribution in [1.29, 1.82) is 0 Å². The largest absolute Gasteiger partial charge is 0.380 e. The van der Waals surface area contributed by atoms with Crippen molar-refractivity contribution in [2.75, 3.05) is 13.2 Å². The minimum absolute atomic E-state index is 0.220. The fourth-order valence-corrected chi connectivity index (χ4v) is 0.711. The number of carbonyl (C=O) groups is 1. The van der Waals surface area contributed by atoms with Crippen molar-refractivity contribution in [2.45, 2.75) is 13.7 Å². The highest BCUT2D eigenvalue weighted by molar-refractivity contribution is 5.83. The number of rotatable bonds is 0. The molecule has 0 saturated carbocycles. The maximum atomic E-state index is 11.6. The van der Waals surface area contributed by atoms with E-state index in [4.69, 9.17) is 13.0 Å². The molecule has 0 radical (unpaired) electrons. The first-order valence-corrected chi connectivity index (χ1v) is 2.75. The van der Waals surface area contributed by atoms with Crippen molar-refractivity contribution in [3.8, 4) is 0 Å². The number of carbonyl (C=O) groups excluding carboxylic acids is 1. The number of ether oxygens (including phenoxy) is 1. The van der Waals surface area contributed by atoms with Crippen molar-refractivity contribution >= 4 is 5.78 Å². The highest BCUT2D eigenvalue weighted by atomic mass is 16.5. The predicted molar refractivity (Wildman–Crippen MR) is 34.2 cm³/mol. The Kier molecular flexibility index (Phi) is 0.647. The van der Waals surface area contributed by atoms with Crippen molar-refractivity contribution in [2.24, 2.45) is 11.8 Å². The van der Waals surface area contributed by atoms with Crippen molar-refractivity contribution < 1.29 is 17.8 Å². The molecule has 2 heteroatoms. The highest BCUT2D eigenvalue weighted by Crippen LogP contribution is 2.13. The molecule has 52 valence electrons. The van der Waals surface area contributed by atoms with Crippen molar-refractivity contribution in [3.05, 3.63) is 0 Å². The summed E-state index contributed by atoms with van der Waals surface area (Å²) in [6.07, 6.45) is 0. The molecule has 0 N–H and O–H groups in total. The zero-order valence-electron chi connectivity index (χ0n) is 10.9. The van der Waals surface area contributed by atoms with Crippen LogP contribution in [0.2, 0.25) is 0 Å². The summed E-state index contributed by atoms with van der Waals surface area (Å²) in [5.41, 5.74) is 0. The van der Waals surface area contributed by atoms with E-state index in [1.54, 1.807) is 0 Å². The monoisotopic (exact) mass is 134 g/mol. The Morgan fingerprint density at radius 1 is 1.56 bits per heavy atom. The molecular formula is C7H12O2. The van der Waals surface area contributed by atoms with Crippen molar-refractivity contribution in [3.63, 3.8) is 0 Å². The summed E-state index contributed by atoms with van der Waals surface area (Å²) in [6, 6.07) is 0. The van der Waals surface area contributed by atoms with E-state index in [0.717, 1.165) is 0 Å². The molecule has 2 unspecified atom stereocenters. The zero-order chi connectivity index (χ0) is 11.9. The van der Waals surface area contributed by atoms with E-state index < -0.39 is 31.3 Å². The number of hydrogen-bond acceptors (Lipinski definition) is 2. The van der Waals surface area contributed by atoms with Gasteiger partial charge in [0, 0.05) is 20.1 Å². The van der Waals surface area contributed by atoms with E-state index in [-0.39, 0.29) is 13.2 Å². The minimum Gasteiger partial charge on any atom is -0.380 e. The van der Waals surface area contributed by atoms with Gasteiger partial charge in [0.05, 0.1) is 13.2 Å². The van der Waals surface area contributed by atoms with Gasteiger partial charge in [0.15, 0.2) is 0 Å². The molecule has 1 aliphatic heterocycles. The fraction of sp³-hybridized carbons (Fsp3) is 0.857.